The smallest absolute Gasteiger partial charge is 0.219 e. The zero-order valence-electron chi connectivity index (χ0n) is 12.1. The number of rotatable bonds is 8. The van der Waals surface area contributed by atoms with Crippen LogP contribution in [0.15, 0.2) is 23.6 Å². The molecule has 1 N–H and O–H groups in total. The van der Waals surface area contributed by atoms with Gasteiger partial charge in [-0.15, -0.1) is 11.3 Å². The average Bonchev–Trinajstić information content (AvgIpc) is 2.96. The predicted octanol–water partition coefficient (Wildman–Crippen LogP) is 3.89. The molecule has 2 aromatic heterocycles. The van der Waals surface area contributed by atoms with Gasteiger partial charge in [-0.2, -0.15) is 4.98 Å². The van der Waals surface area contributed by atoms with Crippen molar-refractivity contribution in [3.63, 3.8) is 0 Å². The van der Waals surface area contributed by atoms with Gasteiger partial charge in [0.05, 0.1) is 0 Å². The van der Waals surface area contributed by atoms with Crippen LogP contribution in [-0.4, -0.2) is 16.5 Å². The van der Waals surface area contributed by atoms with Crippen LogP contribution >= 0.6 is 11.3 Å². The fourth-order valence-electron chi connectivity index (χ4n) is 1.77. The molecule has 108 valence electrons. The number of nitrogens with zero attached hydrogens (tertiary/aromatic N) is 2. The van der Waals surface area contributed by atoms with Crippen LogP contribution in [0.2, 0.25) is 0 Å². The zero-order chi connectivity index (χ0) is 14.2. The number of hydrogen-bond acceptors (Lipinski definition) is 5. The molecular weight excluding hydrogens is 270 g/mol. The molecule has 5 heteroatoms. The Bertz CT molecular complexity index is 514. The third-order valence-electron chi connectivity index (χ3n) is 2.72. The summed E-state index contributed by atoms with van der Waals surface area (Å²) in [5.41, 5.74) is 0. The Morgan fingerprint density at radius 2 is 2.15 bits per heavy atom. The predicted molar refractivity (Wildman–Crippen MR) is 83.5 cm³/mol. The molecule has 0 spiro atoms. The van der Waals surface area contributed by atoms with E-state index in [1.54, 1.807) is 11.3 Å². The molecule has 0 amide bonds. The first-order chi connectivity index (χ1) is 9.81. The zero-order valence-corrected chi connectivity index (χ0v) is 12.9. The van der Waals surface area contributed by atoms with E-state index in [0.29, 0.717) is 12.5 Å². The Kier molecular flexibility index (Phi) is 5.80. The molecule has 0 fully saturated rings. The fourth-order valence-corrected chi connectivity index (χ4v) is 2.38. The molecule has 4 nitrogen and oxygen atoms in total. The average molecular weight is 291 g/mol. The highest BCUT2D eigenvalue weighted by molar-refractivity contribution is 7.09. The van der Waals surface area contributed by atoms with Crippen molar-refractivity contribution < 1.29 is 4.74 Å². The van der Waals surface area contributed by atoms with Gasteiger partial charge in [-0.25, -0.2) is 4.98 Å². The van der Waals surface area contributed by atoms with E-state index in [0.717, 1.165) is 37.4 Å². The molecule has 0 saturated carbocycles. The van der Waals surface area contributed by atoms with Gasteiger partial charge in [0.15, 0.2) is 0 Å². The summed E-state index contributed by atoms with van der Waals surface area (Å²) in [6.07, 6.45) is 2.97. The minimum Gasteiger partial charge on any atom is -0.472 e. The van der Waals surface area contributed by atoms with Crippen LogP contribution < -0.4 is 10.1 Å². The van der Waals surface area contributed by atoms with Crippen molar-refractivity contribution >= 4 is 17.2 Å². The molecule has 0 aliphatic rings. The van der Waals surface area contributed by atoms with Crippen molar-refractivity contribution in [1.29, 1.82) is 0 Å². The fraction of sp³-hybridized carbons (Fsp3) is 0.467. The maximum Gasteiger partial charge on any atom is 0.219 e. The lowest BCUT2D eigenvalue weighted by Gasteiger charge is -2.10. The third-order valence-corrected chi connectivity index (χ3v) is 3.57. The van der Waals surface area contributed by atoms with Gasteiger partial charge in [-0.05, 0) is 24.3 Å². The summed E-state index contributed by atoms with van der Waals surface area (Å²) in [5, 5.41) is 5.35. The Hall–Kier alpha value is -1.62. The lowest BCUT2D eigenvalue weighted by atomic mass is 10.3. The Morgan fingerprint density at radius 3 is 2.85 bits per heavy atom. The number of anilines is 1. The molecule has 0 atom stereocenters. The van der Waals surface area contributed by atoms with Crippen molar-refractivity contribution in [3.8, 4) is 5.88 Å². The van der Waals surface area contributed by atoms with Gasteiger partial charge in [0.25, 0.3) is 0 Å². The SMILES string of the molecule is CCCNc1cc(OCc2cccs2)nc(CCC)n1. The van der Waals surface area contributed by atoms with Crippen LogP contribution in [-0.2, 0) is 13.0 Å². The summed E-state index contributed by atoms with van der Waals surface area (Å²) in [5.74, 6) is 2.34. The summed E-state index contributed by atoms with van der Waals surface area (Å²) in [4.78, 5) is 10.2. The van der Waals surface area contributed by atoms with Gasteiger partial charge < -0.3 is 10.1 Å². The number of aryl methyl sites for hydroxylation is 1. The topological polar surface area (TPSA) is 47.0 Å². The highest BCUT2D eigenvalue weighted by Gasteiger charge is 2.06. The van der Waals surface area contributed by atoms with Crippen LogP contribution in [0.25, 0.3) is 0 Å². The van der Waals surface area contributed by atoms with Gasteiger partial charge in [0.1, 0.15) is 18.2 Å². The summed E-state index contributed by atoms with van der Waals surface area (Å²) < 4.78 is 5.78. The molecule has 0 aliphatic carbocycles. The minimum absolute atomic E-state index is 0.563. The van der Waals surface area contributed by atoms with E-state index in [4.69, 9.17) is 4.74 Å². The number of hydrogen-bond donors (Lipinski definition) is 1. The van der Waals surface area contributed by atoms with Gasteiger partial charge >= 0.3 is 0 Å². The minimum atomic E-state index is 0.563. The van der Waals surface area contributed by atoms with Gasteiger partial charge in [0, 0.05) is 23.9 Å². The maximum atomic E-state index is 5.78. The molecule has 0 bridgehead atoms. The van der Waals surface area contributed by atoms with Crippen LogP contribution in [0, 0.1) is 0 Å². The monoisotopic (exact) mass is 291 g/mol. The maximum absolute atomic E-state index is 5.78. The lowest BCUT2D eigenvalue weighted by molar-refractivity contribution is 0.295. The van der Waals surface area contributed by atoms with Crippen LogP contribution in [0.3, 0.4) is 0 Å². The Morgan fingerprint density at radius 1 is 1.25 bits per heavy atom. The molecule has 0 aliphatic heterocycles. The molecule has 2 heterocycles. The highest BCUT2D eigenvalue weighted by atomic mass is 32.1. The van der Waals surface area contributed by atoms with Crippen molar-refractivity contribution in [3.05, 3.63) is 34.3 Å². The molecule has 20 heavy (non-hydrogen) atoms. The summed E-state index contributed by atoms with van der Waals surface area (Å²) in [6, 6.07) is 5.97. The van der Waals surface area contributed by atoms with Gasteiger partial charge in [0.2, 0.25) is 5.88 Å². The molecular formula is C15H21N3OS. The standard InChI is InChI=1S/C15H21N3OS/c1-3-6-13-17-14(16-8-4-2)10-15(18-13)19-11-12-7-5-9-20-12/h5,7,9-10H,3-4,6,8,11H2,1-2H3,(H,16,17,18). The third kappa shape index (κ3) is 4.49. The van der Waals surface area contributed by atoms with E-state index in [2.05, 4.69) is 40.6 Å². The molecule has 2 aromatic rings. The molecule has 0 aromatic carbocycles. The molecule has 0 radical (unpaired) electrons. The van der Waals surface area contributed by atoms with Crippen molar-refractivity contribution in [2.75, 3.05) is 11.9 Å². The van der Waals surface area contributed by atoms with E-state index in [1.165, 1.54) is 4.88 Å². The number of aromatic nitrogens is 2. The second-order valence-electron chi connectivity index (χ2n) is 4.55. The molecule has 2 rings (SSSR count). The highest BCUT2D eigenvalue weighted by Crippen LogP contribution is 2.17. The summed E-state index contributed by atoms with van der Waals surface area (Å²) in [7, 11) is 0. The van der Waals surface area contributed by atoms with E-state index in [9.17, 15) is 0 Å². The number of thiophene rings is 1. The first-order valence-electron chi connectivity index (χ1n) is 7.08. The molecule has 0 unspecified atom stereocenters. The van der Waals surface area contributed by atoms with Crippen molar-refractivity contribution in [1.82, 2.24) is 9.97 Å². The van der Waals surface area contributed by atoms with Gasteiger partial charge in [-0.1, -0.05) is 19.9 Å². The summed E-state index contributed by atoms with van der Waals surface area (Å²) in [6.45, 7) is 5.73. The summed E-state index contributed by atoms with van der Waals surface area (Å²) >= 11 is 1.69. The van der Waals surface area contributed by atoms with Crippen LogP contribution in [0.1, 0.15) is 37.4 Å². The first-order valence-corrected chi connectivity index (χ1v) is 7.96. The van der Waals surface area contributed by atoms with Crippen LogP contribution in [0.5, 0.6) is 5.88 Å². The lowest BCUT2D eigenvalue weighted by Crippen LogP contribution is -2.07. The largest absolute Gasteiger partial charge is 0.472 e. The first kappa shape index (κ1) is 14.8. The van der Waals surface area contributed by atoms with E-state index in [1.807, 2.05) is 12.1 Å². The van der Waals surface area contributed by atoms with Crippen molar-refractivity contribution in [2.24, 2.45) is 0 Å². The normalized spacial score (nSPS) is 10.5. The second-order valence-corrected chi connectivity index (χ2v) is 5.58. The Balaban J connectivity index is 2.06. The van der Waals surface area contributed by atoms with Gasteiger partial charge in [-0.3, -0.25) is 0 Å². The van der Waals surface area contributed by atoms with Crippen LogP contribution in [0.4, 0.5) is 5.82 Å². The number of nitrogens with one attached hydrogen (secondary N) is 1. The van der Waals surface area contributed by atoms with E-state index < -0.39 is 0 Å². The Labute approximate surface area is 124 Å². The molecule has 0 saturated heterocycles. The van der Waals surface area contributed by atoms with E-state index >= 15 is 0 Å². The second kappa shape index (κ2) is 7.85. The quantitative estimate of drug-likeness (QED) is 0.801. The van der Waals surface area contributed by atoms with Crippen molar-refractivity contribution in [2.45, 2.75) is 39.7 Å². The number of ether oxygens (including phenoxy) is 1. The van der Waals surface area contributed by atoms with E-state index in [-0.39, 0.29) is 0 Å².